The highest BCUT2D eigenvalue weighted by atomic mass is 16.5. The predicted molar refractivity (Wildman–Crippen MR) is 125 cm³/mol. The number of carbonyl (C=O) groups is 1. The SMILES string of the molecule is COc1ccc2cc1OCCn1cc(nn1)CO[C@H]1CN(Cc3cc(=O)c(OC)co3)C[C@@H]1NC2=O. The van der Waals surface area contributed by atoms with Crippen LogP contribution in [0.4, 0.5) is 0 Å². The normalized spacial score (nSPS) is 20.4. The Morgan fingerprint density at radius 1 is 1.14 bits per heavy atom. The first-order valence-corrected chi connectivity index (χ1v) is 11.5. The van der Waals surface area contributed by atoms with E-state index in [2.05, 4.69) is 20.5 Å². The first kappa shape index (κ1) is 23.8. The van der Waals surface area contributed by atoms with Crippen molar-refractivity contribution in [2.24, 2.45) is 0 Å². The van der Waals surface area contributed by atoms with Gasteiger partial charge >= 0.3 is 0 Å². The van der Waals surface area contributed by atoms with Gasteiger partial charge in [-0.15, -0.1) is 5.10 Å². The zero-order valence-electron chi connectivity index (χ0n) is 20.0. The quantitative estimate of drug-likeness (QED) is 0.553. The lowest BCUT2D eigenvalue weighted by Gasteiger charge is -2.20. The molecule has 1 N–H and O–H groups in total. The summed E-state index contributed by atoms with van der Waals surface area (Å²) in [4.78, 5) is 27.3. The van der Waals surface area contributed by atoms with E-state index >= 15 is 0 Å². The Hall–Kier alpha value is -3.90. The smallest absolute Gasteiger partial charge is 0.251 e. The number of likely N-dealkylation sites (tertiary alicyclic amines) is 1. The molecule has 3 aromatic rings. The Morgan fingerprint density at radius 2 is 2.00 bits per heavy atom. The first-order valence-electron chi connectivity index (χ1n) is 11.5. The summed E-state index contributed by atoms with van der Waals surface area (Å²) in [5, 5.41) is 11.4. The highest BCUT2D eigenvalue weighted by molar-refractivity contribution is 5.95. The Labute approximate surface area is 206 Å². The first-order chi connectivity index (χ1) is 17.5. The van der Waals surface area contributed by atoms with Crippen LogP contribution in [-0.2, 0) is 24.4 Å². The number of carbonyl (C=O) groups excluding carboxylic acids is 1. The fraction of sp³-hybridized carbons (Fsp3) is 0.417. The van der Waals surface area contributed by atoms with Crippen molar-refractivity contribution in [3.05, 3.63) is 64.0 Å². The van der Waals surface area contributed by atoms with Crippen LogP contribution in [0.3, 0.4) is 0 Å². The van der Waals surface area contributed by atoms with Gasteiger partial charge in [-0.25, -0.2) is 4.68 Å². The van der Waals surface area contributed by atoms with E-state index in [1.807, 2.05) is 6.20 Å². The maximum atomic E-state index is 13.2. The number of amides is 1. The molecule has 0 spiro atoms. The van der Waals surface area contributed by atoms with E-state index in [-0.39, 0.29) is 35.8 Å². The molecule has 1 amide bonds. The zero-order chi connectivity index (χ0) is 25.1. The van der Waals surface area contributed by atoms with Gasteiger partial charge in [-0.1, -0.05) is 5.21 Å². The van der Waals surface area contributed by atoms with Gasteiger partial charge in [-0.3, -0.25) is 14.5 Å². The third kappa shape index (κ3) is 5.19. The van der Waals surface area contributed by atoms with Crippen molar-refractivity contribution in [1.29, 1.82) is 0 Å². The Kier molecular flexibility index (Phi) is 6.87. The zero-order valence-corrected chi connectivity index (χ0v) is 20.0. The highest BCUT2D eigenvalue weighted by Gasteiger charge is 2.35. The van der Waals surface area contributed by atoms with E-state index in [1.165, 1.54) is 19.4 Å². The van der Waals surface area contributed by atoms with Crippen LogP contribution in [-0.4, -0.2) is 71.9 Å². The molecule has 0 aliphatic carbocycles. The van der Waals surface area contributed by atoms with Gasteiger partial charge in [0.1, 0.15) is 24.3 Å². The molecule has 4 heterocycles. The van der Waals surface area contributed by atoms with Gasteiger partial charge in [-0.2, -0.15) is 0 Å². The molecule has 4 bridgehead atoms. The number of hydrogen-bond donors (Lipinski definition) is 1. The van der Waals surface area contributed by atoms with Crippen LogP contribution in [0.15, 0.2) is 45.9 Å². The molecule has 12 nitrogen and oxygen atoms in total. The lowest BCUT2D eigenvalue weighted by Crippen LogP contribution is -2.44. The molecule has 190 valence electrons. The number of benzene rings is 1. The molecule has 2 aliphatic rings. The fourth-order valence-electron chi connectivity index (χ4n) is 4.32. The summed E-state index contributed by atoms with van der Waals surface area (Å²) in [6.07, 6.45) is 2.80. The van der Waals surface area contributed by atoms with Crippen LogP contribution in [0, 0.1) is 0 Å². The molecule has 0 saturated carbocycles. The van der Waals surface area contributed by atoms with Crippen LogP contribution in [0.25, 0.3) is 0 Å². The van der Waals surface area contributed by atoms with E-state index in [0.29, 0.717) is 61.3 Å². The fourth-order valence-corrected chi connectivity index (χ4v) is 4.32. The molecule has 1 saturated heterocycles. The third-order valence-corrected chi connectivity index (χ3v) is 6.15. The molecular weight excluding hydrogens is 470 g/mol. The maximum Gasteiger partial charge on any atom is 0.251 e. The molecular formula is C24H27N5O7. The molecule has 12 heteroatoms. The number of ether oxygens (including phenoxy) is 4. The Bertz CT molecular complexity index is 1290. The number of nitrogens with one attached hydrogen (secondary N) is 1. The number of rotatable bonds is 4. The Morgan fingerprint density at radius 3 is 2.81 bits per heavy atom. The van der Waals surface area contributed by atoms with E-state index < -0.39 is 0 Å². The highest BCUT2D eigenvalue weighted by Crippen LogP contribution is 2.28. The lowest BCUT2D eigenvalue weighted by molar-refractivity contribution is 0.0291. The van der Waals surface area contributed by atoms with Gasteiger partial charge in [0.15, 0.2) is 11.5 Å². The molecule has 1 aromatic carbocycles. The number of methoxy groups -OCH3 is 2. The summed E-state index contributed by atoms with van der Waals surface area (Å²) in [7, 11) is 2.97. The van der Waals surface area contributed by atoms with Crippen LogP contribution in [0.5, 0.6) is 17.2 Å². The van der Waals surface area contributed by atoms with Crippen LogP contribution < -0.4 is 25.0 Å². The molecule has 2 aromatic heterocycles. The summed E-state index contributed by atoms with van der Waals surface area (Å²) in [6, 6.07) is 6.16. The van der Waals surface area contributed by atoms with Crippen molar-refractivity contribution in [2.45, 2.75) is 31.8 Å². The Balaban J connectivity index is 1.38. The van der Waals surface area contributed by atoms with E-state index in [1.54, 1.807) is 30.0 Å². The van der Waals surface area contributed by atoms with Crippen LogP contribution in [0.2, 0.25) is 0 Å². The average Bonchev–Trinajstić information content (AvgIpc) is 3.48. The van der Waals surface area contributed by atoms with Crippen LogP contribution in [0.1, 0.15) is 21.8 Å². The monoisotopic (exact) mass is 497 g/mol. The second-order valence-corrected chi connectivity index (χ2v) is 8.59. The van der Waals surface area contributed by atoms with Gasteiger partial charge in [-0.05, 0) is 18.2 Å². The lowest BCUT2D eigenvalue weighted by atomic mass is 10.1. The minimum atomic E-state index is -0.317. The molecule has 2 aliphatic heterocycles. The number of aromatic nitrogens is 3. The van der Waals surface area contributed by atoms with E-state index in [0.717, 1.165) is 0 Å². The predicted octanol–water partition coefficient (Wildman–Crippen LogP) is 0.841. The van der Waals surface area contributed by atoms with Gasteiger partial charge < -0.3 is 28.7 Å². The minimum absolute atomic E-state index is 0.149. The summed E-state index contributed by atoms with van der Waals surface area (Å²) in [5.74, 6) is 1.39. The summed E-state index contributed by atoms with van der Waals surface area (Å²) >= 11 is 0. The van der Waals surface area contributed by atoms with Crippen molar-refractivity contribution in [3.8, 4) is 17.2 Å². The number of nitrogens with zero attached hydrogens (tertiary/aromatic N) is 4. The van der Waals surface area contributed by atoms with Crippen molar-refractivity contribution >= 4 is 5.91 Å². The molecule has 5 rings (SSSR count). The third-order valence-electron chi connectivity index (χ3n) is 6.15. The van der Waals surface area contributed by atoms with Gasteiger partial charge in [0.2, 0.25) is 11.2 Å². The largest absolute Gasteiger partial charge is 0.493 e. The number of fused-ring (bicyclic) bond motifs is 5. The second-order valence-electron chi connectivity index (χ2n) is 8.59. The van der Waals surface area contributed by atoms with Gasteiger partial charge in [0.25, 0.3) is 5.91 Å². The molecule has 1 fully saturated rings. The minimum Gasteiger partial charge on any atom is -0.493 e. The molecule has 0 radical (unpaired) electrons. The van der Waals surface area contributed by atoms with Crippen molar-refractivity contribution in [1.82, 2.24) is 25.2 Å². The summed E-state index contributed by atoms with van der Waals surface area (Å²) in [6.45, 7) is 2.43. The van der Waals surface area contributed by atoms with Crippen LogP contribution >= 0.6 is 0 Å². The van der Waals surface area contributed by atoms with Crippen molar-refractivity contribution in [3.63, 3.8) is 0 Å². The number of hydrogen-bond acceptors (Lipinski definition) is 10. The summed E-state index contributed by atoms with van der Waals surface area (Å²) < 4.78 is 29.7. The van der Waals surface area contributed by atoms with Gasteiger partial charge in [0.05, 0.1) is 52.3 Å². The van der Waals surface area contributed by atoms with E-state index in [9.17, 15) is 9.59 Å². The summed E-state index contributed by atoms with van der Waals surface area (Å²) in [5.41, 5.74) is 0.867. The standard InChI is InChI=1S/C24H27N5O7/c1-32-20-4-3-15-7-21(20)34-6-5-29-9-16(26-27-29)13-36-22-12-28(11-18(22)25-24(15)31)10-17-8-19(30)23(33-2)14-35-17/h3-4,7-9,14,18,22H,5-6,10-13H2,1-2H3,(H,25,31)/t18-,22-/m0/s1. The maximum absolute atomic E-state index is 13.2. The topological polar surface area (TPSA) is 130 Å². The molecule has 36 heavy (non-hydrogen) atoms. The average molecular weight is 498 g/mol. The molecule has 0 unspecified atom stereocenters. The molecule has 2 atom stereocenters. The van der Waals surface area contributed by atoms with Crippen molar-refractivity contribution < 1.29 is 28.2 Å². The van der Waals surface area contributed by atoms with E-state index in [4.69, 9.17) is 23.4 Å². The van der Waals surface area contributed by atoms with Gasteiger partial charge in [0, 0.05) is 24.7 Å². The van der Waals surface area contributed by atoms with Crippen molar-refractivity contribution in [2.75, 3.05) is 33.9 Å². The second kappa shape index (κ2) is 10.4.